The normalized spacial score (nSPS) is 20.0. The van der Waals surface area contributed by atoms with Gasteiger partial charge in [0.05, 0.1) is 6.04 Å². The smallest absolute Gasteiger partial charge is 0.316 e. The summed E-state index contributed by atoms with van der Waals surface area (Å²) in [5.41, 5.74) is 1.09. The molecule has 0 saturated carbocycles. The predicted molar refractivity (Wildman–Crippen MR) is 75.5 cm³/mol. The molecule has 1 saturated heterocycles. The fourth-order valence-electron chi connectivity index (χ4n) is 2.80. The number of nitrogens with one attached hydrogen (secondary N) is 1. The number of nitrogens with zero attached hydrogens (tertiary/aromatic N) is 4. The van der Waals surface area contributed by atoms with E-state index in [9.17, 15) is 4.79 Å². The standard InChI is InChI=1S/C14H17N5O2/c1-9-16-12(21-18-9)17-13(20)19-8-14(2,3)11(19)10-4-6-15-7-5-10/h4-7,11H,8H2,1-3H3,(H,16,17,18,20). The number of hydrogen-bond acceptors (Lipinski definition) is 5. The van der Waals surface area contributed by atoms with Crippen molar-refractivity contribution in [2.75, 3.05) is 11.9 Å². The summed E-state index contributed by atoms with van der Waals surface area (Å²) in [4.78, 5) is 22.1. The Labute approximate surface area is 122 Å². The van der Waals surface area contributed by atoms with E-state index in [1.54, 1.807) is 24.2 Å². The van der Waals surface area contributed by atoms with Crippen molar-refractivity contribution < 1.29 is 9.32 Å². The van der Waals surface area contributed by atoms with Gasteiger partial charge in [0.1, 0.15) is 0 Å². The summed E-state index contributed by atoms with van der Waals surface area (Å²) >= 11 is 0. The van der Waals surface area contributed by atoms with Crippen LogP contribution in [0.4, 0.5) is 10.8 Å². The van der Waals surface area contributed by atoms with Gasteiger partial charge >= 0.3 is 12.0 Å². The first-order valence-electron chi connectivity index (χ1n) is 6.75. The lowest BCUT2D eigenvalue weighted by Gasteiger charge is -2.54. The zero-order valence-electron chi connectivity index (χ0n) is 12.2. The maximum absolute atomic E-state index is 12.3. The number of rotatable bonds is 2. The molecule has 1 atom stereocenters. The lowest BCUT2D eigenvalue weighted by atomic mass is 9.72. The molecule has 7 nitrogen and oxygen atoms in total. The summed E-state index contributed by atoms with van der Waals surface area (Å²) in [7, 11) is 0. The van der Waals surface area contributed by atoms with E-state index >= 15 is 0 Å². The molecule has 1 unspecified atom stereocenters. The van der Waals surface area contributed by atoms with Gasteiger partial charge in [-0.3, -0.25) is 10.3 Å². The van der Waals surface area contributed by atoms with Crippen LogP contribution in [-0.4, -0.2) is 32.6 Å². The van der Waals surface area contributed by atoms with Crippen molar-refractivity contribution in [1.82, 2.24) is 20.0 Å². The topological polar surface area (TPSA) is 84.2 Å². The van der Waals surface area contributed by atoms with E-state index in [-0.39, 0.29) is 23.5 Å². The second-order valence-electron chi connectivity index (χ2n) is 5.88. The third kappa shape index (κ3) is 2.46. The van der Waals surface area contributed by atoms with E-state index in [4.69, 9.17) is 4.52 Å². The number of hydrogen-bond donors (Lipinski definition) is 1. The Bertz CT molecular complexity index is 652. The third-order valence-electron chi connectivity index (χ3n) is 3.65. The Morgan fingerprint density at radius 3 is 2.71 bits per heavy atom. The average molecular weight is 287 g/mol. The molecule has 110 valence electrons. The summed E-state index contributed by atoms with van der Waals surface area (Å²) in [5.74, 6) is 0.486. The maximum atomic E-state index is 12.3. The lowest BCUT2D eigenvalue weighted by Crippen LogP contribution is -2.59. The molecule has 1 fully saturated rings. The number of aryl methyl sites for hydroxylation is 1. The van der Waals surface area contributed by atoms with Crippen molar-refractivity contribution in [2.24, 2.45) is 5.41 Å². The molecule has 2 aromatic heterocycles. The van der Waals surface area contributed by atoms with E-state index in [0.29, 0.717) is 12.4 Å². The number of likely N-dealkylation sites (tertiary alicyclic amines) is 1. The fourth-order valence-corrected chi connectivity index (χ4v) is 2.80. The Balaban J connectivity index is 1.77. The van der Waals surface area contributed by atoms with Gasteiger partial charge in [0.25, 0.3) is 0 Å². The van der Waals surface area contributed by atoms with E-state index in [1.807, 2.05) is 12.1 Å². The predicted octanol–water partition coefficient (Wildman–Crippen LogP) is 2.39. The van der Waals surface area contributed by atoms with Crippen molar-refractivity contribution in [3.63, 3.8) is 0 Å². The van der Waals surface area contributed by atoms with Crippen molar-refractivity contribution in [3.05, 3.63) is 35.9 Å². The Morgan fingerprint density at radius 1 is 1.43 bits per heavy atom. The number of urea groups is 1. The molecule has 0 aromatic carbocycles. The molecule has 3 heterocycles. The van der Waals surface area contributed by atoms with Crippen LogP contribution in [0.1, 0.15) is 31.3 Å². The first kappa shape index (κ1) is 13.5. The average Bonchev–Trinajstić information content (AvgIpc) is 2.83. The number of amides is 2. The van der Waals surface area contributed by atoms with E-state index in [0.717, 1.165) is 5.56 Å². The molecule has 2 amide bonds. The van der Waals surface area contributed by atoms with Crippen LogP contribution >= 0.6 is 0 Å². The van der Waals surface area contributed by atoms with Gasteiger partial charge in [-0.05, 0) is 24.6 Å². The minimum Gasteiger partial charge on any atom is -0.316 e. The largest absolute Gasteiger partial charge is 0.329 e. The second kappa shape index (κ2) is 4.83. The lowest BCUT2D eigenvalue weighted by molar-refractivity contribution is -0.0117. The van der Waals surface area contributed by atoms with Crippen LogP contribution in [0.2, 0.25) is 0 Å². The van der Waals surface area contributed by atoms with Gasteiger partial charge in [0, 0.05) is 24.4 Å². The van der Waals surface area contributed by atoms with Crippen LogP contribution < -0.4 is 5.32 Å². The molecule has 2 aromatic rings. The van der Waals surface area contributed by atoms with Crippen LogP contribution in [0, 0.1) is 12.3 Å². The molecular formula is C14H17N5O2. The quantitative estimate of drug-likeness (QED) is 0.916. The molecule has 0 radical (unpaired) electrons. The first-order valence-corrected chi connectivity index (χ1v) is 6.75. The van der Waals surface area contributed by atoms with Crippen LogP contribution in [-0.2, 0) is 0 Å². The van der Waals surface area contributed by atoms with Gasteiger partial charge < -0.3 is 9.42 Å². The minimum absolute atomic E-state index is 0.00418. The molecule has 21 heavy (non-hydrogen) atoms. The first-order chi connectivity index (χ1) is 9.97. The molecule has 1 aliphatic heterocycles. The number of aromatic nitrogens is 3. The van der Waals surface area contributed by atoms with E-state index in [1.165, 1.54) is 0 Å². The van der Waals surface area contributed by atoms with Gasteiger partial charge in [-0.2, -0.15) is 4.98 Å². The fraction of sp³-hybridized carbons (Fsp3) is 0.429. The number of carbonyl (C=O) groups is 1. The van der Waals surface area contributed by atoms with Gasteiger partial charge in [-0.15, -0.1) is 0 Å². The molecule has 1 N–H and O–H groups in total. The van der Waals surface area contributed by atoms with Crippen molar-refractivity contribution in [1.29, 1.82) is 0 Å². The second-order valence-corrected chi connectivity index (χ2v) is 5.88. The van der Waals surface area contributed by atoms with Crippen LogP contribution in [0.5, 0.6) is 0 Å². The monoisotopic (exact) mass is 287 g/mol. The van der Waals surface area contributed by atoms with Gasteiger partial charge in [-0.1, -0.05) is 19.0 Å². The Kier molecular flexibility index (Phi) is 3.12. The number of carbonyl (C=O) groups excluding carboxylic acids is 1. The van der Waals surface area contributed by atoms with Crippen LogP contribution in [0.3, 0.4) is 0 Å². The molecule has 3 rings (SSSR count). The van der Waals surface area contributed by atoms with Crippen LogP contribution in [0.15, 0.2) is 29.0 Å². The van der Waals surface area contributed by atoms with Gasteiger partial charge in [-0.25, -0.2) is 4.79 Å². The summed E-state index contributed by atoms with van der Waals surface area (Å²) in [5, 5.41) is 6.28. The maximum Gasteiger partial charge on any atom is 0.329 e. The molecule has 0 aliphatic carbocycles. The highest BCUT2D eigenvalue weighted by Crippen LogP contribution is 2.48. The summed E-state index contributed by atoms with van der Waals surface area (Å²) in [6.45, 7) is 6.64. The molecule has 7 heteroatoms. The van der Waals surface area contributed by atoms with E-state index < -0.39 is 0 Å². The summed E-state index contributed by atoms with van der Waals surface area (Å²) in [6, 6.07) is 3.76. The molecular weight excluding hydrogens is 270 g/mol. The highest BCUT2D eigenvalue weighted by Gasteiger charge is 2.49. The van der Waals surface area contributed by atoms with Crippen LogP contribution in [0.25, 0.3) is 0 Å². The van der Waals surface area contributed by atoms with Crippen molar-refractivity contribution >= 4 is 12.0 Å². The van der Waals surface area contributed by atoms with Gasteiger partial charge in [0.15, 0.2) is 5.82 Å². The van der Waals surface area contributed by atoms with Crippen molar-refractivity contribution in [3.8, 4) is 0 Å². The van der Waals surface area contributed by atoms with Crippen molar-refractivity contribution in [2.45, 2.75) is 26.8 Å². The molecule has 0 spiro atoms. The Morgan fingerprint density at radius 2 is 2.14 bits per heavy atom. The highest BCUT2D eigenvalue weighted by atomic mass is 16.5. The zero-order valence-corrected chi connectivity index (χ0v) is 12.2. The zero-order chi connectivity index (χ0) is 15.0. The molecule has 0 bridgehead atoms. The van der Waals surface area contributed by atoms with Gasteiger partial charge in [0.2, 0.25) is 0 Å². The Hall–Kier alpha value is -2.44. The molecule has 1 aliphatic rings. The SMILES string of the molecule is Cc1noc(NC(=O)N2CC(C)(C)C2c2ccncc2)n1. The minimum atomic E-state index is -0.236. The highest BCUT2D eigenvalue weighted by molar-refractivity contribution is 5.88. The number of anilines is 1. The summed E-state index contributed by atoms with van der Waals surface area (Å²) < 4.78 is 4.92. The summed E-state index contributed by atoms with van der Waals surface area (Å²) in [6.07, 6.45) is 3.47. The number of pyridine rings is 1. The van der Waals surface area contributed by atoms with E-state index in [2.05, 4.69) is 34.3 Å². The third-order valence-corrected chi connectivity index (χ3v) is 3.65.